The van der Waals surface area contributed by atoms with Gasteiger partial charge in [0.2, 0.25) is 0 Å². The van der Waals surface area contributed by atoms with E-state index >= 15 is 0 Å². The third kappa shape index (κ3) is 6.04. The Bertz CT molecular complexity index is 1470. The van der Waals surface area contributed by atoms with Gasteiger partial charge in [-0.1, -0.05) is 26.0 Å². The topological polar surface area (TPSA) is 172 Å². The molecule has 11 heteroatoms. The average molecular weight is 683 g/mol. The van der Waals surface area contributed by atoms with Crippen molar-refractivity contribution in [2.45, 2.75) is 114 Å². The molecule has 4 aliphatic carbocycles. The van der Waals surface area contributed by atoms with Crippen LogP contribution in [0.4, 0.5) is 0 Å². The molecule has 268 valence electrons. The van der Waals surface area contributed by atoms with Gasteiger partial charge < -0.3 is 44.5 Å². The summed E-state index contributed by atoms with van der Waals surface area (Å²) in [5.41, 5.74) is 0.669. The van der Waals surface area contributed by atoms with Gasteiger partial charge >= 0.3 is 11.9 Å². The Labute approximate surface area is 286 Å². The smallest absolute Gasteiger partial charge is 0.331 e. The van der Waals surface area contributed by atoms with Gasteiger partial charge in [-0.2, -0.15) is 0 Å². The molecular formula is C38H50O11. The Hall–Kier alpha value is -2.80. The number of fused-ring (bicyclic) bond motifs is 5. The lowest BCUT2D eigenvalue weighted by Gasteiger charge is -2.64. The van der Waals surface area contributed by atoms with Crippen LogP contribution in [-0.4, -0.2) is 93.1 Å². The highest BCUT2D eigenvalue weighted by atomic mass is 16.7. The summed E-state index contributed by atoms with van der Waals surface area (Å²) in [7, 11) is 0. The maximum Gasteiger partial charge on any atom is 0.331 e. The number of phenols is 1. The standard InChI is InChI=1S/C38H50O11/c1-36-14-11-25(48-35-34(44)33(43)32(42)29(49-35)20-47-30(40)10-5-21-3-7-24(39)8-4-21)18-23(36)6-9-28-27(36)12-15-37(2)26(13-16-38(28,37)45)22-17-31(41)46-19-22/h3-5,7-8,10,17,23,25-29,32-35,39,42-45H,6,9,11-16,18-20H2,1-2H3/b10-5+/t23-,25-,26-,27+,28-,29-,32-,33+,34+,35-,36+,37-,38+/m0/s1. The van der Waals surface area contributed by atoms with Crippen LogP contribution in [0.25, 0.3) is 6.08 Å². The summed E-state index contributed by atoms with van der Waals surface area (Å²) < 4.78 is 22.8. The Morgan fingerprint density at radius 3 is 2.47 bits per heavy atom. The molecule has 13 atom stereocenters. The molecule has 49 heavy (non-hydrogen) atoms. The lowest BCUT2D eigenvalue weighted by Crippen LogP contribution is -2.63. The van der Waals surface area contributed by atoms with Crippen LogP contribution in [-0.2, 0) is 28.5 Å². The molecule has 7 rings (SSSR count). The van der Waals surface area contributed by atoms with E-state index in [4.69, 9.17) is 18.9 Å². The number of benzene rings is 1. The number of hydrogen-bond donors (Lipinski definition) is 5. The molecule has 5 fully saturated rings. The van der Waals surface area contributed by atoms with E-state index < -0.39 is 42.3 Å². The van der Waals surface area contributed by atoms with Crippen molar-refractivity contribution in [3.63, 3.8) is 0 Å². The number of aromatic hydroxyl groups is 1. The zero-order chi connectivity index (χ0) is 34.7. The molecule has 5 N–H and O–H groups in total. The number of phenolic OH excluding ortho intramolecular Hbond substituents is 1. The first kappa shape index (κ1) is 34.6. The second kappa shape index (κ2) is 13.1. The summed E-state index contributed by atoms with van der Waals surface area (Å²) in [6.07, 6.45) is 5.17. The van der Waals surface area contributed by atoms with Crippen molar-refractivity contribution >= 4 is 18.0 Å². The minimum Gasteiger partial charge on any atom is -0.508 e. The van der Waals surface area contributed by atoms with Crippen LogP contribution in [0.15, 0.2) is 42.0 Å². The molecule has 6 aliphatic rings. The summed E-state index contributed by atoms with van der Waals surface area (Å²) in [6, 6.07) is 6.28. The number of hydrogen-bond acceptors (Lipinski definition) is 11. The number of aliphatic hydroxyl groups is 4. The molecular weight excluding hydrogens is 632 g/mol. The summed E-state index contributed by atoms with van der Waals surface area (Å²) in [5, 5.41) is 54.0. The molecule has 1 saturated heterocycles. The third-order valence-electron chi connectivity index (χ3n) is 13.6. The summed E-state index contributed by atoms with van der Waals surface area (Å²) >= 11 is 0. The van der Waals surface area contributed by atoms with Gasteiger partial charge in [-0.25, -0.2) is 9.59 Å². The van der Waals surface area contributed by atoms with Crippen LogP contribution in [0.3, 0.4) is 0 Å². The van der Waals surface area contributed by atoms with Crippen LogP contribution in [0.2, 0.25) is 0 Å². The zero-order valence-electron chi connectivity index (χ0n) is 28.3. The molecule has 0 amide bonds. The number of carbonyl (C=O) groups is 2. The van der Waals surface area contributed by atoms with Crippen molar-refractivity contribution in [2.75, 3.05) is 13.2 Å². The highest BCUT2D eigenvalue weighted by molar-refractivity contribution is 5.87. The fourth-order valence-corrected chi connectivity index (χ4v) is 10.8. The van der Waals surface area contributed by atoms with Gasteiger partial charge in [0.15, 0.2) is 6.29 Å². The lowest BCUT2D eigenvalue weighted by atomic mass is 9.43. The van der Waals surface area contributed by atoms with Crippen LogP contribution >= 0.6 is 0 Å². The summed E-state index contributed by atoms with van der Waals surface area (Å²) in [4.78, 5) is 24.2. The number of cyclic esters (lactones) is 1. The Morgan fingerprint density at radius 2 is 1.73 bits per heavy atom. The van der Waals surface area contributed by atoms with E-state index in [1.807, 2.05) is 0 Å². The second-order valence-electron chi connectivity index (χ2n) is 15.9. The van der Waals surface area contributed by atoms with Crippen LogP contribution < -0.4 is 0 Å². The minimum absolute atomic E-state index is 0.0236. The van der Waals surface area contributed by atoms with Crippen molar-refractivity contribution < 1.29 is 54.1 Å². The van der Waals surface area contributed by atoms with Gasteiger partial charge in [0, 0.05) is 17.6 Å². The fourth-order valence-electron chi connectivity index (χ4n) is 10.8. The maximum absolute atomic E-state index is 12.5. The van der Waals surface area contributed by atoms with Crippen LogP contribution in [0, 0.1) is 34.5 Å². The molecule has 11 nitrogen and oxygen atoms in total. The van der Waals surface area contributed by atoms with Crippen LogP contribution in [0.5, 0.6) is 5.75 Å². The Morgan fingerprint density at radius 1 is 0.959 bits per heavy atom. The monoisotopic (exact) mass is 682 g/mol. The van der Waals surface area contributed by atoms with E-state index in [0.717, 1.165) is 63.4 Å². The number of esters is 2. The molecule has 2 aliphatic heterocycles. The van der Waals surface area contributed by atoms with Crippen molar-refractivity contribution in [3.8, 4) is 5.75 Å². The van der Waals surface area contributed by atoms with Gasteiger partial charge in [0.1, 0.15) is 43.4 Å². The molecule has 4 saturated carbocycles. The largest absolute Gasteiger partial charge is 0.508 e. The minimum atomic E-state index is -1.54. The Kier molecular flexibility index (Phi) is 9.24. The third-order valence-corrected chi connectivity index (χ3v) is 13.6. The second-order valence-corrected chi connectivity index (χ2v) is 15.9. The number of carbonyl (C=O) groups excluding carboxylic acids is 2. The molecule has 0 unspecified atom stereocenters. The van der Waals surface area contributed by atoms with Crippen molar-refractivity contribution in [1.82, 2.24) is 0 Å². The fraction of sp³-hybridized carbons (Fsp3) is 0.684. The van der Waals surface area contributed by atoms with Crippen molar-refractivity contribution in [3.05, 3.63) is 47.6 Å². The molecule has 0 bridgehead atoms. The van der Waals surface area contributed by atoms with Gasteiger partial charge in [-0.15, -0.1) is 0 Å². The first-order valence-electron chi connectivity index (χ1n) is 17.9. The molecule has 0 aromatic heterocycles. The van der Waals surface area contributed by atoms with Gasteiger partial charge in [0.25, 0.3) is 0 Å². The van der Waals surface area contributed by atoms with Gasteiger partial charge in [-0.3, -0.25) is 0 Å². The van der Waals surface area contributed by atoms with E-state index in [1.165, 1.54) is 24.3 Å². The molecule has 0 radical (unpaired) electrons. The quantitative estimate of drug-likeness (QED) is 0.162. The first-order valence-corrected chi connectivity index (χ1v) is 17.9. The highest BCUT2D eigenvalue weighted by Crippen LogP contribution is 2.70. The predicted octanol–water partition coefficient (Wildman–Crippen LogP) is 3.40. The van der Waals surface area contributed by atoms with E-state index in [-0.39, 0.29) is 47.1 Å². The number of rotatable bonds is 7. The van der Waals surface area contributed by atoms with E-state index in [0.29, 0.717) is 24.0 Å². The van der Waals surface area contributed by atoms with Crippen LogP contribution in [0.1, 0.15) is 77.2 Å². The van der Waals surface area contributed by atoms with E-state index in [9.17, 15) is 35.1 Å². The number of aliphatic hydroxyl groups excluding tert-OH is 3. The maximum atomic E-state index is 12.5. The average Bonchev–Trinajstić information content (AvgIpc) is 3.63. The Balaban J connectivity index is 0.965. The van der Waals surface area contributed by atoms with Gasteiger partial charge in [-0.05, 0) is 116 Å². The molecule has 0 spiro atoms. The molecule has 1 aromatic rings. The SMILES string of the molecule is C[C@@]12CC[C@H](O[C@H]3O[C@@H](COC(=O)/C=C/c4ccc(O)cc4)[C@H](O)[C@@H](O)[C@H]3O)C[C@@H]1CC[C@H]1[C@H]2CC[C@@]2(C)[C@H](C3=CC(=O)OC3)CC[C@@]12O. The van der Waals surface area contributed by atoms with Crippen molar-refractivity contribution in [2.24, 2.45) is 34.5 Å². The summed E-state index contributed by atoms with van der Waals surface area (Å²) in [6.45, 7) is 4.60. The van der Waals surface area contributed by atoms with Crippen molar-refractivity contribution in [1.29, 1.82) is 0 Å². The molecule has 1 aromatic carbocycles. The highest BCUT2D eigenvalue weighted by Gasteiger charge is 2.67. The zero-order valence-corrected chi connectivity index (χ0v) is 28.3. The van der Waals surface area contributed by atoms with E-state index in [1.54, 1.807) is 18.2 Å². The normalized spacial score (nSPS) is 44.9. The lowest BCUT2D eigenvalue weighted by molar-refractivity contribution is -0.317. The van der Waals surface area contributed by atoms with Gasteiger partial charge in [0.05, 0.1) is 11.7 Å². The number of ether oxygens (including phenoxy) is 4. The molecule has 2 heterocycles. The van der Waals surface area contributed by atoms with E-state index in [2.05, 4.69) is 13.8 Å². The first-order chi connectivity index (χ1) is 23.3. The summed E-state index contributed by atoms with van der Waals surface area (Å²) in [5.74, 6) is 0.229. The predicted molar refractivity (Wildman–Crippen MR) is 175 cm³/mol.